The zero-order valence-corrected chi connectivity index (χ0v) is 13.9. The second kappa shape index (κ2) is 8.83. The van der Waals surface area contributed by atoms with Crippen molar-refractivity contribution >= 4 is 5.97 Å². The highest BCUT2D eigenvalue weighted by Gasteiger charge is 2.20. The minimum Gasteiger partial charge on any atom is -0.466 e. The standard InChI is InChI=1S/C18H29NO2/c1-5-21-17(20)13-9-10-14-19(18(2,3)4)15-16-11-7-6-8-12-16/h6-8,11-12H,5,9-10,13-15H2,1-4H3. The van der Waals surface area contributed by atoms with E-state index in [-0.39, 0.29) is 11.5 Å². The van der Waals surface area contributed by atoms with Gasteiger partial charge in [0.15, 0.2) is 0 Å². The van der Waals surface area contributed by atoms with Crippen molar-refractivity contribution in [3.8, 4) is 0 Å². The molecule has 118 valence electrons. The Bertz CT molecular complexity index is 409. The average molecular weight is 291 g/mol. The summed E-state index contributed by atoms with van der Waals surface area (Å²) < 4.78 is 4.96. The predicted octanol–water partition coefficient (Wildman–Crippen LogP) is 4.02. The average Bonchev–Trinajstić information content (AvgIpc) is 2.42. The monoisotopic (exact) mass is 291 g/mol. The van der Waals surface area contributed by atoms with Crippen molar-refractivity contribution in [3.05, 3.63) is 35.9 Å². The van der Waals surface area contributed by atoms with E-state index in [2.05, 4.69) is 49.9 Å². The first-order valence-corrected chi connectivity index (χ1v) is 7.88. The van der Waals surface area contributed by atoms with Gasteiger partial charge in [-0.3, -0.25) is 9.69 Å². The molecule has 0 aliphatic rings. The number of carbonyl (C=O) groups excluding carboxylic acids is 1. The summed E-state index contributed by atoms with van der Waals surface area (Å²) in [6, 6.07) is 10.5. The van der Waals surface area contributed by atoms with Crippen LogP contribution in [0.25, 0.3) is 0 Å². The van der Waals surface area contributed by atoms with E-state index in [0.717, 1.165) is 25.9 Å². The minimum absolute atomic E-state index is 0.0807. The van der Waals surface area contributed by atoms with Crippen molar-refractivity contribution in [1.29, 1.82) is 0 Å². The number of unbranched alkanes of at least 4 members (excludes halogenated alkanes) is 1. The van der Waals surface area contributed by atoms with Gasteiger partial charge in [-0.15, -0.1) is 0 Å². The molecule has 0 aromatic heterocycles. The molecule has 0 radical (unpaired) electrons. The Morgan fingerprint density at radius 1 is 1.14 bits per heavy atom. The molecule has 0 aliphatic carbocycles. The first-order chi connectivity index (χ1) is 9.93. The number of hydrogen-bond donors (Lipinski definition) is 0. The molecule has 0 atom stereocenters. The van der Waals surface area contributed by atoms with Crippen LogP contribution in [0.15, 0.2) is 30.3 Å². The molecule has 0 spiro atoms. The molecule has 0 bridgehead atoms. The van der Waals surface area contributed by atoms with Crippen LogP contribution < -0.4 is 0 Å². The highest BCUT2D eigenvalue weighted by molar-refractivity contribution is 5.69. The molecule has 1 rings (SSSR count). The van der Waals surface area contributed by atoms with E-state index in [1.54, 1.807) is 0 Å². The summed E-state index contributed by atoms with van der Waals surface area (Å²) in [6.07, 6.45) is 2.43. The topological polar surface area (TPSA) is 29.5 Å². The van der Waals surface area contributed by atoms with E-state index in [4.69, 9.17) is 4.74 Å². The Morgan fingerprint density at radius 2 is 1.81 bits per heavy atom. The van der Waals surface area contributed by atoms with Crippen molar-refractivity contribution in [2.45, 2.75) is 59.0 Å². The number of hydrogen-bond acceptors (Lipinski definition) is 3. The van der Waals surface area contributed by atoms with E-state index < -0.39 is 0 Å². The lowest BCUT2D eigenvalue weighted by molar-refractivity contribution is -0.143. The van der Waals surface area contributed by atoms with Crippen LogP contribution in [0.4, 0.5) is 0 Å². The summed E-state index contributed by atoms with van der Waals surface area (Å²) in [5.41, 5.74) is 1.46. The van der Waals surface area contributed by atoms with E-state index in [9.17, 15) is 4.79 Å². The highest BCUT2D eigenvalue weighted by atomic mass is 16.5. The summed E-state index contributed by atoms with van der Waals surface area (Å²) >= 11 is 0. The van der Waals surface area contributed by atoms with Gasteiger partial charge in [-0.25, -0.2) is 0 Å². The minimum atomic E-state index is -0.0807. The van der Waals surface area contributed by atoms with Gasteiger partial charge in [0.2, 0.25) is 0 Å². The van der Waals surface area contributed by atoms with Gasteiger partial charge in [-0.05, 0) is 52.6 Å². The normalized spacial score (nSPS) is 11.7. The molecule has 3 heteroatoms. The lowest BCUT2D eigenvalue weighted by Gasteiger charge is -2.35. The highest BCUT2D eigenvalue weighted by Crippen LogP contribution is 2.18. The molecule has 0 amide bonds. The van der Waals surface area contributed by atoms with Crippen LogP contribution >= 0.6 is 0 Å². The van der Waals surface area contributed by atoms with Crippen molar-refractivity contribution in [1.82, 2.24) is 4.90 Å². The van der Waals surface area contributed by atoms with Crippen molar-refractivity contribution in [2.24, 2.45) is 0 Å². The molecule has 1 aromatic rings. The van der Waals surface area contributed by atoms with Gasteiger partial charge in [0, 0.05) is 18.5 Å². The SMILES string of the molecule is CCOC(=O)CCCCN(Cc1ccccc1)C(C)(C)C. The molecule has 1 aromatic carbocycles. The molecule has 0 saturated carbocycles. The number of rotatable bonds is 8. The lowest BCUT2D eigenvalue weighted by Crippen LogP contribution is -2.41. The third-order valence-electron chi connectivity index (χ3n) is 3.53. The Labute approximate surface area is 129 Å². The Hall–Kier alpha value is -1.35. The number of nitrogens with zero attached hydrogens (tertiary/aromatic N) is 1. The Morgan fingerprint density at radius 3 is 2.38 bits per heavy atom. The fraction of sp³-hybridized carbons (Fsp3) is 0.611. The largest absolute Gasteiger partial charge is 0.466 e. The van der Waals surface area contributed by atoms with Crippen molar-refractivity contribution in [2.75, 3.05) is 13.2 Å². The van der Waals surface area contributed by atoms with Gasteiger partial charge < -0.3 is 4.74 Å². The summed E-state index contributed by atoms with van der Waals surface area (Å²) in [6.45, 7) is 11.0. The number of esters is 1. The first kappa shape index (κ1) is 17.7. The first-order valence-electron chi connectivity index (χ1n) is 7.88. The maximum Gasteiger partial charge on any atom is 0.305 e. The summed E-state index contributed by atoms with van der Waals surface area (Å²) in [5, 5.41) is 0. The molecule has 0 aliphatic heterocycles. The second-order valence-corrected chi connectivity index (χ2v) is 6.34. The zero-order valence-electron chi connectivity index (χ0n) is 13.9. The third-order valence-corrected chi connectivity index (χ3v) is 3.53. The predicted molar refractivity (Wildman–Crippen MR) is 87.1 cm³/mol. The zero-order chi connectivity index (χ0) is 15.7. The number of carbonyl (C=O) groups is 1. The summed E-state index contributed by atoms with van der Waals surface area (Å²) in [5.74, 6) is -0.0807. The van der Waals surface area contributed by atoms with Crippen LogP contribution in [0.1, 0.15) is 52.5 Å². The van der Waals surface area contributed by atoms with Crippen molar-refractivity contribution in [3.63, 3.8) is 0 Å². The van der Waals surface area contributed by atoms with Gasteiger partial charge in [0.05, 0.1) is 6.61 Å². The molecule has 0 saturated heterocycles. The lowest BCUT2D eigenvalue weighted by atomic mass is 10.0. The molecule has 0 heterocycles. The Kier molecular flexibility index (Phi) is 7.44. The third kappa shape index (κ3) is 7.28. The van der Waals surface area contributed by atoms with E-state index in [1.165, 1.54) is 5.56 Å². The maximum atomic E-state index is 11.3. The van der Waals surface area contributed by atoms with Gasteiger partial charge in [0.1, 0.15) is 0 Å². The second-order valence-electron chi connectivity index (χ2n) is 6.34. The van der Waals surface area contributed by atoms with Crippen molar-refractivity contribution < 1.29 is 9.53 Å². The Balaban J connectivity index is 2.43. The van der Waals surface area contributed by atoms with Crippen LogP contribution in [0.5, 0.6) is 0 Å². The quantitative estimate of drug-likeness (QED) is 0.535. The smallest absolute Gasteiger partial charge is 0.305 e. The van der Waals surface area contributed by atoms with Gasteiger partial charge >= 0.3 is 5.97 Å². The summed E-state index contributed by atoms with van der Waals surface area (Å²) in [4.78, 5) is 13.8. The van der Waals surface area contributed by atoms with Crippen LogP contribution in [-0.2, 0) is 16.1 Å². The fourth-order valence-electron chi connectivity index (χ4n) is 2.26. The molecule has 0 unspecified atom stereocenters. The van der Waals surface area contributed by atoms with Crippen LogP contribution in [0.2, 0.25) is 0 Å². The van der Waals surface area contributed by atoms with Crippen LogP contribution in [0, 0.1) is 0 Å². The van der Waals surface area contributed by atoms with E-state index >= 15 is 0 Å². The molecular formula is C18H29NO2. The molecular weight excluding hydrogens is 262 g/mol. The van der Waals surface area contributed by atoms with E-state index in [0.29, 0.717) is 13.0 Å². The maximum absolute atomic E-state index is 11.3. The molecule has 3 nitrogen and oxygen atoms in total. The van der Waals surface area contributed by atoms with Gasteiger partial charge in [-0.1, -0.05) is 30.3 Å². The summed E-state index contributed by atoms with van der Waals surface area (Å²) in [7, 11) is 0. The molecule has 0 N–H and O–H groups in total. The molecule has 21 heavy (non-hydrogen) atoms. The fourth-order valence-corrected chi connectivity index (χ4v) is 2.26. The van der Waals surface area contributed by atoms with Gasteiger partial charge in [0.25, 0.3) is 0 Å². The van der Waals surface area contributed by atoms with E-state index in [1.807, 2.05) is 13.0 Å². The number of ether oxygens (including phenoxy) is 1. The van der Waals surface area contributed by atoms with Crippen LogP contribution in [-0.4, -0.2) is 29.6 Å². The number of benzene rings is 1. The van der Waals surface area contributed by atoms with Gasteiger partial charge in [-0.2, -0.15) is 0 Å². The van der Waals surface area contributed by atoms with Crippen LogP contribution in [0.3, 0.4) is 0 Å². The molecule has 0 fully saturated rings.